The largest absolute Gasteiger partial charge is 0.489 e. The SMILES string of the molecule is Cc1ccc(S(=O)(=O)Oc2cccc(/C=C(/C#N)C(=O)Nc3ccc(OCc4ccccc4)cc3)c2)cc1. The van der Waals surface area contributed by atoms with Gasteiger partial charge in [-0.15, -0.1) is 0 Å². The van der Waals surface area contributed by atoms with Crippen molar-refractivity contribution >= 4 is 27.8 Å². The molecule has 0 aliphatic heterocycles. The van der Waals surface area contributed by atoms with E-state index in [-0.39, 0.29) is 16.2 Å². The summed E-state index contributed by atoms with van der Waals surface area (Å²) in [6.07, 6.45) is 1.36. The summed E-state index contributed by atoms with van der Waals surface area (Å²) in [4.78, 5) is 12.7. The molecule has 0 fully saturated rings. The Balaban J connectivity index is 1.41. The van der Waals surface area contributed by atoms with E-state index < -0.39 is 16.0 Å². The highest BCUT2D eigenvalue weighted by Gasteiger charge is 2.17. The summed E-state index contributed by atoms with van der Waals surface area (Å²) in [6.45, 7) is 2.27. The minimum absolute atomic E-state index is 0.0256. The van der Waals surface area contributed by atoms with Crippen molar-refractivity contribution in [3.8, 4) is 17.6 Å². The Morgan fingerprint density at radius 1 is 0.895 bits per heavy atom. The first-order valence-electron chi connectivity index (χ1n) is 11.6. The number of rotatable bonds is 9. The maximum absolute atomic E-state index is 12.7. The third kappa shape index (κ3) is 7.09. The van der Waals surface area contributed by atoms with Crippen LogP contribution < -0.4 is 14.2 Å². The molecule has 8 heteroatoms. The molecule has 0 atom stereocenters. The molecule has 0 aliphatic rings. The van der Waals surface area contributed by atoms with Crippen molar-refractivity contribution in [1.82, 2.24) is 0 Å². The molecule has 0 saturated carbocycles. The van der Waals surface area contributed by atoms with E-state index in [1.807, 2.05) is 43.3 Å². The second-order valence-corrected chi connectivity index (χ2v) is 9.89. The number of aryl methyl sites for hydroxylation is 1. The number of nitrogens with one attached hydrogen (secondary N) is 1. The summed E-state index contributed by atoms with van der Waals surface area (Å²) in [6, 6.07) is 30.9. The quantitative estimate of drug-likeness (QED) is 0.166. The van der Waals surface area contributed by atoms with E-state index in [0.717, 1.165) is 11.1 Å². The van der Waals surface area contributed by atoms with Gasteiger partial charge in [-0.05, 0) is 72.7 Å². The molecule has 0 unspecified atom stereocenters. The Kier molecular flexibility index (Phi) is 8.21. The lowest BCUT2D eigenvalue weighted by molar-refractivity contribution is -0.112. The number of benzene rings is 4. The number of ether oxygens (including phenoxy) is 1. The van der Waals surface area contributed by atoms with Gasteiger partial charge in [-0.2, -0.15) is 13.7 Å². The molecular formula is C30H24N2O5S. The summed E-state index contributed by atoms with van der Waals surface area (Å²) in [7, 11) is -4.04. The lowest BCUT2D eigenvalue weighted by atomic mass is 10.1. The number of hydrogen-bond donors (Lipinski definition) is 1. The highest BCUT2D eigenvalue weighted by molar-refractivity contribution is 7.87. The molecule has 190 valence electrons. The van der Waals surface area contributed by atoms with E-state index in [9.17, 15) is 18.5 Å². The Labute approximate surface area is 221 Å². The van der Waals surface area contributed by atoms with E-state index >= 15 is 0 Å². The third-order valence-corrected chi connectivity index (χ3v) is 6.67. The number of nitriles is 1. The average molecular weight is 525 g/mol. The standard InChI is InChI=1S/C30H24N2O5S/c1-22-10-16-29(17-11-22)38(34,35)37-28-9-5-8-24(19-28)18-25(20-31)30(33)32-26-12-14-27(15-13-26)36-21-23-6-3-2-4-7-23/h2-19H,21H2,1H3,(H,32,33)/b25-18-. The molecule has 0 aromatic heterocycles. The topological polar surface area (TPSA) is 105 Å². The van der Waals surface area contributed by atoms with Crippen LogP contribution in [-0.4, -0.2) is 14.3 Å². The van der Waals surface area contributed by atoms with Crippen molar-refractivity contribution in [3.05, 3.63) is 125 Å². The summed E-state index contributed by atoms with van der Waals surface area (Å²) < 4.78 is 36.2. The first-order chi connectivity index (χ1) is 18.3. The highest BCUT2D eigenvalue weighted by Crippen LogP contribution is 2.22. The number of carbonyl (C=O) groups excluding carboxylic acids is 1. The monoisotopic (exact) mass is 524 g/mol. The maximum atomic E-state index is 12.7. The lowest BCUT2D eigenvalue weighted by Gasteiger charge is -2.09. The van der Waals surface area contributed by atoms with Crippen LogP contribution in [0, 0.1) is 18.3 Å². The number of carbonyl (C=O) groups is 1. The van der Waals surface area contributed by atoms with Crippen LogP contribution in [0.5, 0.6) is 11.5 Å². The van der Waals surface area contributed by atoms with E-state index in [4.69, 9.17) is 8.92 Å². The van der Waals surface area contributed by atoms with Crippen LogP contribution in [0.4, 0.5) is 5.69 Å². The third-order valence-electron chi connectivity index (χ3n) is 5.41. The zero-order valence-electron chi connectivity index (χ0n) is 20.5. The van der Waals surface area contributed by atoms with Gasteiger partial charge in [0.25, 0.3) is 5.91 Å². The second-order valence-electron chi connectivity index (χ2n) is 8.35. The Bertz CT molecular complexity index is 1590. The molecule has 1 N–H and O–H groups in total. The highest BCUT2D eigenvalue weighted by atomic mass is 32.2. The molecule has 0 saturated heterocycles. The van der Waals surface area contributed by atoms with Crippen LogP contribution in [0.1, 0.15) is 16.7 Å². The van der Waals surface area contributed by atoms with E-state index in [2.05, 4.69) is 5.32 Å². The molecule has 4 aromatic carbocycles. The van der Waals surface area contributed by atoms with Gasteiger partial charge in [0.2, 0.25) is 0 Å². The van der Waals surface area contributed by atoms with Crippen LogP contribution >= 0.6 is 0 Å². The van der Waals surface area contributed by atoms with Crippen LogP contribution in [0.25, 0.3) is 6.08 Å². The lowest BCUT2D eigenvalue weighted by Crippen LogP contribution is -2.13. The van der Waals surface area contributed by atoms with Crippen LogP contribution in [0.2, 0.25) is 0 Å². The molecule has 0 spiro atoms. The Hall–Kier alpha value is -4.87. The van der Waals surface area contributed by atoms with Gasteiger partial charge in [-0.25, -0.2) is 0 Å². The van der Waals surface area contributed by atoms with Gasteiger partial charge in [0.05, 0.1) is 0 Å². The summed E-state index contributed by atoms with van der Waals surface area (Å²) in [5.74, 6) is 0.0903. The fraction of sp³-hybridized carbons (Fsp3) is 0.0667. The number of hydrogen-bond acceptors (Lipinski definition) is 6. The first kappa shape index (κ1) is 26.2. The van der Waals surface area contributed by atoms with Crippen molar-refractivity contribution in [3.63, 3.8) is 0 Å². The summed E-state index contributed by atoms with van der Waals surface area (Å²) in [5, 5.41) is 12.2. The van der Waals surface area contributed by atoms with E-state index in [0.29, 0.717) is 23.6 Å². The van der Waals surface area contributed by atoms with Crippen molar-refractivity contribution in [2.24, 2.45) is 0 Å². The van der Waals surface area contributed by atoms with Gasteiger partial charge in [-0.3, -0.25) is 4.79 Å². The minimum atomic E-state index is -4.04. The van der Waals surface area contributed by atoms with Crippen molar-refractivity contribution in [2.75, 3.05) is 5.32 Å². The summed E-state index contributed by atoms with van der Waals surface area (Å²) in [5.41, 5.74) is 2.72. The van der Waals surface area contributed by atoms with E-state index in [1.54, 1.807) is 48.5 Å². The second kappa shape index (κ2) is 11.9. The molecule has 0 bridgehead atoms. The minimum Gasteiger partial charge on any atom is -0.489 e. The Morgan fingerprint density at radius 2 is 1.61 bits per heavy atom. The van der Waals surface area contributed by atoms with Crippen LogP contribution in [0.15, 0.2) is 114 Å². The van der Waals surface area contributed by atoms with Gasteiger partial charge in [-0.1, -0.05) is 60.2 Å². The molecule has 1 amide bonds. The van der Waals surface area contributed by atoms with E-state index in [1.165, 1.54) is 30.3 Å². The molecule has 38 heavy (non-hydrogen) atoms. The Morgan fingerprint density at radius 3 is 2.29 bits per heavy atom. The fourth-order valence-electron chi connectivity index (χ4n) is 3.42. The van der Waals surface area contributed by atoms with Crippen molar-refractivity contribution in [2.45, 2.75) is 18.4 Å². The smallest absolute Gasteiger partial charge is 0.339 e. The zero-order chi connectivity index (χ0) is 27.0. The molecule has 4 aromatic rings. The van der Waals surface area contributed by atoms with Gasteiger partial charge >= 0.3 is 10.1 Å². The van der Waals surface area contributed by atoms with Gasteiger partial charge in [0, 0.05) is 5.69 Å². The summed E-state index contributed by atoms with van der Waals surface area (Å²) >= 11 is 0. The average Bonchev–Trinajstić information content (AvgIpc) is 2.92. The zero-order valence-corrected chi connectivity index (χ0v) is 21.3. The predicted molar refractivity (Wildman–Crippen MR) is 145 cm³/mol. The van der Waals surface area contributed by atoms with Crippen LogP contribution in [0.3, 0.4) is 0 Å². The maximum Gasteiger partial charge on any atom is 0.339 e. The molecule has 0 aliphatic carbocycles. The van der Waals surface area contributed by atoms with Gasteiger partial charge < -0.3 is 14.2 Å². The van der Waals surface area contributed by atoms with Gasteiger partial charge in [0.15, 0.2) is 0 Å². The molecule has 0 heterocycles. The van der Waals surface area contributed by atoms with Gasteiger partial charge in [0.1, 0.15) is 34.6 Å². The fourth-order valence-corrected chi connectivity index (χ4v) is 4.35. The van der Waals surface area contributed by atoms with Crippen molar-refractivity contribution < 1.29 is 22.1 Å². The number of anilines is 1. The predicted octanol–water partition coefficient (Wildman–Crippen LogP) is 5.89. The molecular weight excluding hydrogens is 500 g/mol. The van der Waals surface area contributed by atoms with Crippen LogP contribution in [-0.2, 0) is 21.5 Å². The molecule has 7 nitrogen and oxygen atoms in total. The molecule has 0 radical (unpaired) electrons. The normalized spacial score (nSPS) is 11.3. The number of nitrogens with zero attached hydrogens (tertiary/aromatic N) is 1. The first-order valence-corrected chi connectivity index (χ1v) is 13.0. The number of amides is 1. The van der Waals surface area contributed by atoms with Crippen molar-refractivity contribution in [1.29, 1.82) is 5.26 Å². The molecule has 4 rings (SSSR count).